The zero-order valence-electron chi connectivity index (χ0n) is 36.7. The first-order valence-corrected chi connectivity index (χ1v) is 22.9. The number of nitrogens with zero attached hydrogens (tertiary/aromatic N) is 4. The number of aromatic nitrogens is 3. The third kappa shape index (κ3) is 6.48. The predicted octanol–water partition coefficient (Wildman–Crippen LogP) is 16.5. The van der Waals surface area contributed by atoms with Crippen LogP contribution in [0.3, 0.4) is 0 Å². The highest BCUT2D eigenvalue weighted by molar-refractivity contribution is 6.16. The number of fused-ring (bicyclic) bond motifs is 6. The fraction of sp³-hybridized carbons (Fsp3) is 0. The Labute approximate surface area is 393 Å². The van der Waals surface area contributed by atoms with Gasteiger partial charge in [0.05, 0.1) is 11.6 Å². The maximum absolute atomic E-state index is 10.8. The Morgan fingerprint density at radius 1 is 0.265 bits per heavy atom. The zero-order valence-corrected chi connectivity index (χ0v) is 36.7. The molecule has 11 aromatic carbocycles. The SMILES string of the molecule is N#Cc1cc(-c2ccccc2-c2cccc3c2ccc2ccccc23)ccc1-c1ccccc1-c1ccc(-c2nc(-c3ccccc3)nc(-c3ccc4c(c3)-c3cccc5cccc-4c35)n2)cc1. The van der Waals surface area contributed by atoms with Crippen molar-refractivity contribution in [3.63, 3.8) is 0 Å². The van der Waals surface area contributed by atoms with E-state index in [0.29, 0.717) is 23.0 Å². The van der Waals surface area contributed by atoms with Gasteiger partial charge in [0.15, 0.2) is 17.5 Å². The van der Waals surface area contributed by atoms with Crippen molar-refractivity contribution in [3.05, 3.63) is 236 Å². The van der Waals surface area contributed by atoms with Crippen molar-refractivity contribution < 1.29 is 0 Å². The molecule has 0 saturated carbocycles. The molecule has 1 heterocycles. The Balaban J connectivity index is 0.858. The average Bonchev–Trinajstić information content (AvgIpc) is 3.74. The van der Waals surface area contributed by atoms with Gasteiger partial charge in [0.1, 0.15) is 0 Å². The molecule has 0 bridgehead atoms. The van der Waals surface area contributed by atoms with E-state index >= 15 is 0 Å². The van der Waals surface area contributed by atoms with Crippen LogP contribution in [0.15, 0.2) is 231 Å². The van der Waals surface area contributed by atoms with E-state index in [2.05, 4.69) is 194 Å². The molecule has 0 amide bonds. The molecule has 13 rings (SSSR count). The molecule has 4 heteroatoms. The summed E-state index contributed by atoms with van der Waals surface area (Å²) in [6, 6.07) is 83.3. The molecule has 4 nitrogen and oxygen atoms in total. The molecule has 0 atom stereocenters. The highest BCUT2D eigenvalue weighted by atomic mass is 15.0. The Hall–Kier alpha value is -9.30. The molecule has 1 aliphatic rings. The molecular formula is C64H38N4. The van der Waals surface area contributed by atoms with Crippen LogP contribution in [-0.2, 0) is 0 Å². The van der Waals surface area contributed by atoms with E-state index in [1.807, 2.05) is 42.5 Å². The first-order chi connectivity index (χ1) is 33.7. The smallest absolute Gasteiger partial charge is 0.164 e. The summed E-state index contributed by atoms with van der Waals surface area (Å²) in [6.45, 7) is 0. The van der Waals surface area contributed by atoms with Crippen LogP contribution in [0.25, 0.3) is 133 Å². The standard InChI is InChI=1S/C64H38N4/c65-39-47-37-45(50-20-7-9-22-53(50)55-24-12-23-54-48-18-5-4-13-40(48)31-35-56(54)55)32-34-51(47)52-21-8-6-19-49(52)41-27-29-44(30-28-41)63-66-62(43-14-2-1-3-15-43)67-64(68-63)46-33-36-57-58-25-10-16-42-17-11-26-59(61(42)58)60(57)38-46/h1-38H. The predicted molar refractivity (Wildman–Crippen MR) is 280 cm³/mol. The van der Waals surface area contributed by atoms with Crippen molar-refractivity contribution in [1.29, 1.82) is 5.26 Å². The van der Waals surface area contributed by atoms with Gasteiger partial charge in [-0.25, -0.2) is 15.0 Å². The molecular weight excluding hydrogens is 825 g/mol. The van der Waals surface area contributed by atoms with Gasteiger partial charge >= 0.3 is 0 Å². The second-order valence-electron chi connectivity index (χ2n) is 17.4. The summed E-state index contributed by atoms with van der Waals surface area (Å²) >= 11 is 0. The quantitative estimate of drug-likeness (QED) is 0.150. The fourth-order valence-corrected chi connectivity index (χ4v) is 10.3. The molecule has 0 spiro atoms. The van der Waals surface area contributed by atoms with Crippen LogP contribution >= 0.6 is 0 Å². The molecule has 0 aliphatic heterocycles. The molecule has 314 valence electrons. The highest BCUT2D eigenvalue weighted by Gasteiger charge is 2.23. The minimum atomic E-state index is 0.596. The third-order valence-corrected chi connectivity index (χ3v) is 13.6. The summed E-state index contributed by atoms with van der Waals surface area (Å²) in [6.07, 6.45) is 0. The Morgan fingerprint density at radius 3 is 1.50 bits per heavy atom. The highest BCUT2D eigenvalue weighted by Crippen LogP contribution is 2.48. The second kappa shape index (κ2) is 16.0. The van der Waals surface area contributed by atoms with E-state index < -0.39 is 0 Å². The van der Waals surface area contributed by atoms with Gasteiger partial charge in [0.2, 0.25) is 0 Å². The maximum atomic E-state index is 10.8. The van der Waals surface area contributed by atoms with Crippen molar-refractivity contribution in [3.8, 4) is 107 Å². The largest absolute Gasteiger partial charge is 0.208 e. The lowest BCUT2D eigenvalue weighted by Gasteiger charge is -2.16. The van der Waals surface area contributed by atoms with Crippen LogP contribution in [0, 0.1) is 11.3 Å². The lowest BCUT2D eigenvalue weighted by Crippen LogP contribution is -2.00. The molecule has 0 saturated heterocycles. The van der Waals surface area contributed by atoms with Crippen LogP contribution in [0.1, 0.15) is 5.56 Å². The van der Waals surface area contributed by atoms with Crippen LogP contribution in [0.5, 0.6) is 0 Å². The van der Waals surface area contributed by atoms with Crippen LogP contribution in [0.2, 0.25) is 0 Å². The van der Waals surface area contributed by atoms with Gasteiger partial charge in [-0.15, -0.1) is 0 Å². The zero-order chi connectivity index (χ0) is 45.1. The first-order valence-electron chi connectivity index (χ1n) is 22.9. The van der Waals surface area contributed by atoms with E-state index in [1.165, 1.54) is 54.6 Å². The van der Waals surface area contributed by atoms with Gasteiger partial charge in [-0.2, -0.15) is 5.26 Å². The summed E-state index contributed by atoms with van der Waals surface area (Å²) in [7, 11) is 0. The van der Waals surface area contributed by atoms with Crippen molar-refractivity contribution in [1.82, 2.24) is 15.0 Å². The summed E-state index contributed by atoms with van der Waals surface area (Å²) < 4.78 is 0. The van der Waals surface area contributed by atoms with Crippen LogP contribution < -0.4 is 0 Å². The molecule has 1 aliphatic carbocycles. The van der Waals surface area contributed by atoms with Crippen molar-refractivity contribution in [2.24, 2.45) is 0 Å². The molecule has 1 aromatic heterocycles. The lowest BCUT2D eigenvalue weighted by atomic mass is 9.87. The molecule has 0 N–H and O–H groups in total. The van der Waals surface area contributed by atoms with Crippen LogP contribution in [0.4, 0.5) is 0 Å². The average molecular weight is 863 g/mol. The number of hydrogen-bond donors (Lipinski definition) is 0. The Bertz CT molecular complexity index is 4030. The third-order valence-electron chi connectivity index (χ3n) is 13.6. The van der Waals surface area contributed by atoms with Crippen molar-refractivity contribution in [2.45, 2.75) is 0 Å². The van der Waals surface area contributed by atoms with E-state index in [4.69, 9.17) is 15.0 Å². The summed E-state index contributed by atoms with van der Waals surface area (Å²) in [5, 5.41) is 18.2. The number of benzene rings is 11. The van der Waals surface area contributed by atoms with E-state index in [9.17, 15) is 5.26 Å². The maximum Gasteiger partial charge on any atom is 0.164 e. The summed E-state index contributed by atoms with van der Waals surface area (Å²) in [4.78, 5) is 15.3. The molecule has 0 radical (unpaired) electrons. The number of hydrogen-bond acceptors (Lipinski definition) is 4. The van der Waals surface area contributed by atoms with Gasteiger partial charge < -0.3 is 0 Å². The fourth-order valence-electron chi connectivity index (χ4n) is 10.3. The van der Waals surface area contributed by atoms with Gasteiger partial charge in [0, 0.05) is 22.3 Å². The minimum Gasteiger partial charge on any atom is -0.208 e. The number of nitriles is 1. The van der Waals surface area contributed by atoms with Crippen LogP contribution in [-0.4, -0.2) is 15.0 Å². The molecule has 68 heavy (non-hydrogen) atoms. The lowest BCUT2D eigenvalue weighted by molar-refractivity contribution is 1.07. The summed E-state index contributed by atoms with van der Waals surface area (Å²) in [5.74, 6) is 1.83. The minimum absolute atomic E-state index is 0.596. The Morgan fingerprint density at radius 2 is 0.750 bits per heavy atom. The normalized spacial score (nSPS) is 11.5. The van der Waals surface area contributed by atoms with Gasteiger partial charge in [0.25, 0.3) is 0 Å². The van der Waals surface area contributed by atoms with Gasteiger partial charge in [-0.1, -0.05) is 218 Å². The van der Waals surface area contributed by atoms with Gasteiger partial charge in [-0.3, -0.25) is 0 Å². The molecule has 0 unspecified atom stereocenters. The van der Waals surface area contributed by atoms with Crippen molar-refractivity contribution in [2.75, 3.05) is 0 Å². The molecule has 12 aromatic rings. The van der Waals surface area contributed by atoms with E-state index in [1.54, 1.807) is 0 Å². The monoisotopic (exact) mass is 862 g/mol. The Kier molecular flexibility index (Phi) is 9.20. The van der Waals surface area contributed by atoms with E-state index in [0.717, 1.165) is 61.2 Å². The number of rotatable bonds is 7. The first kappa shape index (κ1) is 39.1. The van der Waals surface area contributed by atoms with Crippen molar-refractivity contribution >= 4 is 32.3 Å². The topological polar surface area (TPSA) is 62.5 Å². The summed E-state index contributed by atoms with van der Waals surface area (Å²) in [5.41, 5.74) is 16.6. The van der Waals surface area contributed by atoms with E-state index in [-0.39, 0.29) is 0 Å². The molecule has 0 fully saturated rings. The van der Waals surface area contributed by atoms with Gasteiger partial charge in [-0.05, 0) is 106 Å². The second-order valence-corrected chi connectivity index (χ2v) is 17.4.